The third-order valence-corrected chi connectivity index (χ3v) is 11.7. The van der Waals surface area contributed by atoms with Crippen molar-refractivity contribution in [2.24, 2.45) is 0 Å². The Hall–Kier alpha value is -0.660. The van der Waals surface area contributed by atoms with Crippen LogP contribution in [0.25, 0.3) is 4.13 Å². The van der Waals surface area contributed by atoms with E-state index in [2.05, 4.69) is 20.8 Å². The van der Waals surface area contributed by atoms with Crippen molar-refractivity contribution in [2.45, 2.75) is 70.3 Å². The molecule has 0 saturated carbocycles. The lowest BCUT2D eigenvalue weighted by Gasteiger charge is -2.26. The first-order chi connectivity index (χ1) is 14.3. The molecule has 0 aromatic heterocycles. The van der Waals surface area contributed by atoms with Crippen molar-refractivity contribution in [2.75, 3.05) is 24.6 Å². The molecule has 0 fully saturated rings. The van der Waals surface area contributed by atoms with Crippen LogP contribution < -0.4 is 0 Å². The van der Waals surface area contributed by atoms with Gasteiger partial charge in [-0.15, -0.1) is 0 Å². The van der Waals surface area contributed by atoms with Crippen molar-refractivity contribution >= 4 is 33.3 Å². The number of sulfonamides is 2. The Bertz CT molecular complexity index is 705. The highest BCUT2D eigenvalue weighted by Gasteiger charge is 2.47. The average Bonchev–Trinajstić information content (AvgIpc) is 2.60. The van der Waals surface area contributed by atoms with Crippen molar-refractivity contribution in [3.05, 3.63) is 4.13 Å². The number of hydrogen-bond donors (Lipinski definition) is 1. The van der Waals surface area contributed by atoms with Crippen LogP contribution in [0.2, 0.25) is 0 Å². The number of nitrogens with zero attached hydrogens (tertiary/aromatic N) is 1. The molecule has 0 spiro atoms. The van der Waals surface area contributed by atoms with Crippen molar-refractivity contribution < 1.29 is 53.1 Å². The SMILES string of the molecule is CCCC[P+](CCCC)(CCCC)CC(=O)O.O=S(=O)([N-]S(=O)(=O)C(F)(F)F)C(F)(F)F. The van der Waals surface area contributed by atoms with Crippen LogP contribution >= 0.6 is 7.26 Å². The second-order valence-corrected chi connectivity index (χ2v) is 14.8. The molecule has 0 rings (SSSR count). The maximum atomic E-state index is 11.4. The smallest absolute Gasteiger partial charge is 0.479 e. The van der Waals surface area contributed by atoms with Gasteiger partial charge in [-0.1, -0.05) is 40.0 Å². The predicted octanol–water partition coefficient (Wildman–Crippen LogP) is 5.55. The van der Waals surface area contributed by atoms with Crippen LogP contribution in [-0.4, -0.2) is 63.6 Å². The number of halogens is 6. The first-order valence-electron chi connectivity index (χ1n) is 9.74. The number of rotatable bonds is 13. The van der Waals surface area contributed by atoms with Crippen LogP contribution in [0.15, 0.2) is 0 Å². The molecule has 1 N–H and O–H groups in total. The van der Waals surface area contributed by atoms with Gasteiger partial charge >= 0.3 is 17.0 Å². The Morgan fingerprint density at radius 2 is 1.03 bits per heavy atom. The van der Waals surface area contributed by atoms with E-state index in [-0.39, 0.29) is 0 Å². The van der Waals surface area contributed by atoms with E-state index in [1.165, 1.54) is 57.0 Å². The topological polar surface area (TPSA) is 120 Å². The number of carboxylic acids is 1. The first kappa shape index (κ1) is 33.5. The lowest BCUT2D eigenvalue weighted by atomic mass is 10.4. The number of aliphatic carboxylic acids is 1. The van der Waals surface area contributed by atoms with Gasteiger partial charge in [0.15, 0.2) is 26.2 Å². The summed E-state index contributed by atoms with van der Waals surface area (Å²) in [5.41, 5.74) is -12.4. The van der Waals surface area contributed by atoms with E-state index in [1.807, 2.05) is 0 Å². The zero-order valence-corrected chi connectivity index (χ0v) is 20.6. The lowest BCUT2D eigenvalue weighted by Crippen LogP contribution is -2.30. The quantitative estimate of drug-likeness (QED) is 0.241. The molecule has 0 heterocycles. The fraction of sp³-hybridized carbons (Fsp3) is 0.938. The van der Waals surface area contributed by atoms with Gasteiger partial charge in [0, 0.05) is 7.26 Å². The van der Waals surface area contributed by atoms with Gasteiger partial charge in [0.1, 0.15) is 0 Å². The standard InChI is InChI=1S/C14H29O2P.C2F6NO4S2/c1-4-7-10-17(11-8-5-2,12-9-6-3)13-14(15)16;3-1(4,5)14(10,11)9-15(12,13)2(6,7)8/h4-13H2,1-3H3;/q;-1/p+1. The molecule has 0 aliphatic carbocycles. The molecule has 194 valence electrons. The third-order valence-electron chi connectivity index (χ3n) is 4.21. The van der Waals surface area contributed by atoms with E-state index < -0.39 is 44.3 Å². The molecule has 16 heteroatoms. The molecule has 0 aliphatic rings. The summed E-state index contributed by atoms with van der Waals surface area (Å²) in [5, 5.41) is 9.17. The van der Waals surface area contributed by atoms with Crippen molar-refractivity contribution in [3.63, 3.8) is 0 Å². The molecule has 32 heavy (non-hydrogen) atoms. The molecular weight excluding hydrogens is 511 g/mol. The molecule has 0 radical (unpaired) electrons. The zero-order chi connectivity index (χ0) is 25.9. The molecule has 0 bridgehead atoms. The minimum absolute atomic E-state index is 0.479. The summed E-state index contributed by atoms with van der Waals surface area (Å²) in [7, 11) is -14.6. The Morgan fingerprint density at radius 1 is 0.750 bits per heavy atom. The van der Waals surface area contributed by atoms with E-state index >= 15 is 0 Å². The Morgan fingerprint density at radius 3 is 1.22 bits per heavy atom. The summed E-state index contributed by atoms with van der Waals surface area (Å²) in [6.45, 7) is 6.61. The Kier molecular flexibility index (Phi) is 14.6. The molecule has 7 nitrogen and oxygen atoms in total. The van der Waals surface area contributed by atoms with Crippen LogP contribution in [0, 0.1) is 0 Å². The predicted molar refractivity (Wildman–Crippen MR) is 112 cm³/mol. The van der Waals surface area contributed by atoms with Gasteiger partial charge in [-0.2, -0.15) is 26.3 Å². The monoisotopic (exact) mass is 541 g/mol. The summed E-state index contributed by atoms with van der Waals surface area (Å²) in [6, 6.07) is 0. The second kappa shape index (κ2) is 13.9. The molecule has 0 saturated heterocycles. The minimum atomic E-state index is -6.72. The molecule has 0 aromatic carbocycles. The van der Waals surface area contributed by atoms with Crippen molar-refractivity contribution in [3.8, 4) is 0 Å². The third kappa shape index (κ3) is 12.5. The fourth-order valence-electron chi connectivity index (χ4n) is 2.55. The van der Waals surface area contributed by atoms with E-state index in [9.17, 15) is 53.1 Å². The van der Waals surface area contributed by atoms with Crippen LogP contribution in [0.5, 0.6) is 0 Å². The molecule has 0 aromatic rings. The summed E-state index contributed by atoms with van der Waals surface area (Å²) >= 11 is 0. The normalized spacial score (nSPS) is 13.4. The van der Waals surface area contributed by atoms with E-state index in [0.29, 0.717) is 6.16 Å². The Labute approximate surface area is 185 Å². The maximum Gasteiger partial charge on any atom is 0.480 e. The van der Waals surface area contributed by atoms with Gasteiger partial charge in [-0.05, 0) is 19.3 Å². The first-order valence-corrected chi connectivity index (χ1v) is 15.2. The van der Waals surface area contributed by atoms with Crippen molar-refractivity contribution in [1.29, 1.82) is 0 Å². The van der Waals surface area contributed by atoms with Gasteiger partial charge in [0.2, 0.25) is 0 Å². The van der Waals surface area contributed by atoms with E-state index in [0.717, 1.165) is 4.13 Å². The van der Waals surface area contributed by atoms with Gasteiger partial charge in [0.25, 0.3) is 0 Å². The highest BCUT2D eigenvalue weighted by molar-refractivity contribution is 8.13. The summed E-state index contributed by atoms with van der Waals surface area (Å²) in [6.07, 6.45) is 11.3. The second-order valence-electron chi connectivity index (χ2n) is 7.04. The summed E-state index contributed by atoms with van der Waals surface area (Å²) < 4.78 is 109. The van der Waals surface area contributed by atoms with Crippen LogP contribution in [0.4, 0.5) is 26.3 Å². The molecular formula is C16H30F6NO6PS2. The fourth-order valence-corrected chi connectivity index (χ4v) is 8.94. The number of alkyl halides is 6. The molecule has 0 aliphatic heterocycles. The number of unbranched alkanes of at least 4 members (excludes halogenated alkanes) is 3. The largest absolute Gasteiger partial charge is 0.480 e. The molecule has 0 amide bonds. The van der Waals surface area contributed by atoms with Crippen LogP contribution in [0.1, 0.15) is 59.3 Å². The summed E-state index contributed by atoms with van der Waals surface area (Å²) in [5.74, 6) is -0.568. The van der Waals surface area contributed by atoms with E-state index in [1.54, 1.807) is 0 Å². The number of carbonyl (C=O) groups is 1. The highest BCUT2D eigenvalue weighted by Crippen LogP contribution is 2.60. The zero-order valence-electron chi connectivity index (χ0n) is 18.0. The maximum absolute atomic E-state index is 11.4. The van der Waals surface area contributed by atoms with Gasteiger partial charge in [-0.25, -0.2) is 21.6 Å². The average molecular weight is 542 g/mol. The Balaban J connectivity index is 0. The van der Waals surface area contributed by atoms with Gasteiger partial charge in [0.05, 0.1) is 18.5 Å². The number of hydrogen-bond acceptors (Lipinski definition) is 5. The molecule has 0 unspecified atom stereocenters. The minimum Gasteiger partial charge on any atom is -0.479 e. The van der Waals surface area contributed by atoms with Gasteiger partial charge in [-0.3, -0.25) is 0 Å². The van der Waals surface area contributed by atoms with Gasteiger partial charge < -0.3 is 9.23 Å². The number of carboxylic acid groups (broad SMARTS) is 1. The molecule has 0 atom stereocenters. The van der Waals surface area contributed by atoms with Crippen molar-refractivity contribution in [1.82, 2.24) is 0 Å². The van der Waals surface area contributed by atoms with Crippen LogP contribution in [0.3, 0.4) is 0 Å². The van der Waals surface area contributed by atoms with Crippen LogP contribution in [-0.2, 0) is 24.8 Å². The van der Waals surface area contributed by atoms with E-state index in [4.69, 9.17) is 0 Å². The highest BCUT2D eigenvalue weighted by atomic mass is 32.3. The summed E-state index contributed by atoms with van der Waals surface area (Å²) in [4.78, 5) is 11.1. The lowest BCUT2D eigenvalue weighted by molar-refractivity contribution is -0.134.